The van der Waals surface area contributed by atoms with E-state index in [0.29, 0.717) is 20.8 Å². The molecule has 0 radical (unpaired) electrons. The number of hydrogen-bond acceptors (Lipinski definition) is 4. The highest BCUT2D eigenvalue weighted by Gasteiger charge is 2.16. The number of pyridine rings is 1. The lowest BCUT2D eigenvalue weighted by Gasteiger charge is -2.13. The lowest BCUT2D eigenvalue weighted by atomic mass is 9.96. The summed E-state index contributed by atoms with van der Waals surface area (Å²) in [5.74, 6) is 0.165. The number of likely N-dealkylation sites (N-methyl/N-ethyl adjacent to an activating group) is 1. The van der Waals surface area contributed by atoms with E-state index in [1.807, 2.05) is 29.6 Å². The third kappa shape index (κ3) is 3.23. The van der Waals surface area contributed by atoms with Crippen LogP contribution in [0.2, 0.25) is 5.02 Å². The molecule has 3 N–H and O–H groups in total. The number of phenolic OH excluding ortho intramolecular Hbond substituents is 1. The summed E-state index contributed by atoms with van der Waals surface area (Å²) >= 11 is 7.92. The standard InChI is InChI=1S/C21H19ClN2O2S/c1-2-23-9-7-12-3-4-13(11-15(12)22)18-17(25)6-5-16-19(18)14-8-10-27-20(14)21(26)24-16/h3-6,8,10-11,23,25H,2,7,9H2,1H3,(H,24,26). The predicted octanol–water partition coefficient (Wildman–Crippen LogP) is 4.92. The van der Waals surface area contributed by atoms with Gasteiger partial charge >= 0.3 is 0 Å². The number of H-pyrrole nitrogens is 1. The van der Waals surface area contributed by atoms with E-state index in [1.54, 1.807) is 12.1 Å². The number of hydrogen-bond donors (Lipinski definition) is 3. The molecule has 0 bridgehead atoms. The molecule has 4 rings (SSSR count). The molecule has 138 valence electrons. The van der Waals surface area contributed by atoms with Crippen molar-refractivity contribution in [2.75, 3.05) is 13.1 Å². The Bertz CT molecular complexity index is 1200. The summed E-state index contributed by atoms with van der Waals surface area (Å²) in [5, 5.41) is 18.2. The van der Waals surface area contributed by atoms with Crippen molar-refractivity contribution in [3.05, 3.63) is 62.7 Å². The van der Waals surface area contributed by atoms with Crippen LogP contribution in [0.5, 0.6) is 5.75 Å². The Morgan fingerprint density at radius 3 is 2.85 bits per heavy atom. The van der Waals surface area contributed by atoms with Gasteiger partial charge < -0.3 is 15.4 Å². The van der Waals surface area contributed by atoms with Gasteiger partial charge in [-0.1, -0.05) is 30.7 Å². The first-order valence-corrected chi connectivity index (χ1v) is 10.1. The fourth-order valence-electron chi connectivity index (χ4n) is 3.43. The Kier molecular flexibility index (Phi) is 4.91. The molecule has 2 aromatic carbocycles. The molecular formula is C21H19ClN2O2S. The summed E-state index contributed by atoms with van der Waals surface area (Å²) in [6, 6.07) is 11.1. The Morgan fingerprint density at radius 1 is 1.22 bits per heavy atom. The van der Waals surface area contributed by atoms with Crippen LogP contribution < -0.4 is 10.9 Å². The molecule has 4 aromatic rings. The largest absolute Gasteiger partial charge is 0.507 e. The zero-order chi connectivity index (χ0) is 19.0. The molecule has 0 saturated heterocycles. The molecular weight excluding hydrogens is 380 g/mol. The summed E-state index contributed by atoms with van der Waals surface area (Å²) in [4.78, 5) is 15.2. The minimum absolute atomic E-state index is 0.110. The lowest BCUT2D eigenvalue weighted by molar-refractivity contribution is 0.478. The minimum Gasteiger partial charge on any atom is -0.507 e. The molecule has 0 unspecified atom stereocenters. The van der Waals surface area contributed by atoms with Crippen molar-refractivity contribution in [3.8, 4) is 16.9 Å². The number of halogens is 1. The van der Waals surface area contributed by atoms with Crippen LogP contribution in [0.25, 0.3) is 32.1 Å². The number of benzene rings is 2. The maximum Gasteiger partial charge on any atom is 0.266 e. The molecule has 0 spiro atoms. The third-order valence-electron chi connectivity index (χ3n) is 4.74. The van der Waals surface area contributed by atoms with E-state index in [4.69, 9.17) is 11.6 Å². The second kappa shape index (κ2) is 7.35. The number of rotatable bonds is 5. The summed E-state index contributed by atoms with van der Waals surface area (Å²) < 4.78 is 0.655. The van der Waals surface area contributed by atoms with Crippen molar-refractivity contribution in [3.63, 3.8) is 0 Å². The molecule has 2 heterocycles. The highest BCUT2D eigenvalue weighted by Crippen LogP contribution is 2.40. The van der Waals surface area contributed by atoms with E-state index in [1.165, 1.54) is 11.3 Å². The fraction of sp³-hybridized carbons (Fsp3) is 0.190. The molecule has 0 aliphatic heterocycles. The van der Waals surface area contributed by atoms with Gasteiger partial charge in [-0.2, -0.15) is 0 Å². The average Bonchev–Trinajstić information content (AvgIpc) is 3.14. The van der Waals surface area contributed by atoms with E-state index < -0.39 is 0 Å². The molecule has 4 nitrogen and oxygen atoms in total. The summed E-state index contributed by atoms with van der Waals surface area (Å²) in [7, 11) is 0. The molecule has 0 aliphatic rings. The van der Waals surface area contributed by atoms with Crippen molar-refractivity contribution in [1.82, 2.24) is 10.3 Å². The van der Waals surface area contributed by atoms with Gasteiger partial charge in [-0.05, 0) is 60.3 Å². The van der Waals surface area contributed by atoms with Gasteiger partial charge in [0.2, 0.25) is 0 Å². The summed E-state index contributed by atoms with van der Waals surface area (Å²) in [5.41, 5.74) is 3.17. The Balaban J connectivity index is 1.91. The Labute approximate surface area is 165 Å². The lowest BCUT2D eigenvalue weighted by Crippen LogP contribution is -2.16. The van der Waals surface area contributed by atoms with Gasteiger partial charge in [-0.15, -0.1) is 11.3 Å². The molecule has 0 aliphatic carbocycles. The predicted molar refractivity (Wildman–Crippen MR) is 114 cm³/mol. The number of aromatic nitrogens is 1. The highest BCUT2D eigenvalue weighted by atomic mass is 35.5. The second-order valence-electron chi connectivity index (χ2n) is 6.41. The van der Waals surface area contributed by atoms with Crippen molar-refractivity contribution >= 4 is 43.9 Å². The molecule has 6 heteroatoms. The third-order valence-corrected chi connectivity index (χ3v) is 6.00. The zero-order valence-corrected chi connectivity index (χ0v) is 16.4. The Hall–Kier alpha value is -2.34. The van der Waals surface area contributed by atoms with Crippen LogP contribution in [0, 0.1) is 0 Å². The van der Waals surface area contributed by atoms with Crippen molar-refractivity contribution in [2.45, 2.75) is 13.3 Å². The molecule has 0 atom stereocenters. The number of phenols is 1. The number of nitrogens with one attached hydrogen (secondary N) is 2. The smallest absolute Gasteiger partial charge is 0.266 e. The highest BCUT2D eigenvalue weighted by molar-refractivity contribution is 7.17. The van der Waals surface area contributed by atoms with Gasteiger partial charge in [0.15, 0.2) is 0 Å². The van der Waals surface area contributed by atoms with Crippen LogP contribution in [-0.2, 0) is 6.42 Å². The maximum atomic E-state index is 12.3. The van der Waals surface area contributed by atoms with Gasteiger partial charge in [0, 0.05) is 26.9 Å². The van der Waals surface area contributed by atoms with E-state index in [-0.39, 0.29) is 11.3 Å². The van der Waals surface area contributed by atoms with Gasteiger partial charge in [-0.3, -0.25) is 4.79 Å². The van der Waals surface area contributed by atoms with Crippen molar-refractivity contribution in [1.29, 1.82) is 0 Å². The molecule has 0 fully saturated rings. The topological polar surface area (TPSA) is 65.1 Å². The van der Waals surface area contributed by atoms with Crippen molar-refractivity contribution < 1.29 is 5.11 Å². The Morgan fingerprint density at radius 2 is 2.07 bits per heavy atom. The number of aromatic amines is 1. The van der Waals surface area contributed by atoms with Crippen molar-refractivity contribution in [2.24, 2.45) is 0 Å². The van der Waals surface area contributed by atoms with Gasteiger partial charge in [0.25, 0.3) is 5.56 Å². The monoisotopic (exact) mass is 398 g/mol. The molecule has 0 saturated carbocycles. The zero-order valence-electron chi connectivity index (χ0n) is 14.8. The number of thiophene rings is 1. The van der Waals surface area contributed by atoms with Crippen LogP contribution in [0.15, 0.2) is 46.6 Å². The minimum atomic E-state index is -0.110. The molecule has 2 aromatic heterocycles. The normalized spacial score (nSPS) is 11.5. The number of fused-ring (bicyclic) bond motifs is 3. The average molecular weight is 399 g/mol. The van der Waals surface area contributed by atoms with Gasteiger partial charge in [-0.25, -0.2) is 0 Å². The first kappa shape index (κ1) is 18.0. The summed E-state index contributed by atoms with van der Waals surface area (Å²) in [6.45, 7) is 3.86. The fourth-order valence-corrected chi connectivity index (χ4v) is 4.50. The van der Waals surface area contributed by atoms with Crippen LogP contribution in [0.3, 0.4) is 0 Å². The van der Waals surface area contributed by atoms with Crippen LogP contribution in [0.1, 0.15) is 12.5 Å². The van der Waals surface area contributed by atoms with Gasteiger partial charge in [0.1, 0.15) is 10.4 Å². The van der Waals surface area contributed by atoms with E-state index in [2.05, 4.69) is 17.2 Å². The van der Waals surface area contributed by atoms with Crippen LogP contribution in [-0.4, -0.2) is 23.2 Å². The first-order valence-electron chi connectivity index (χ1n) is 8.85. The van der Waals surface area contributed by atoms with E-state index in [9.17, 15) is 9.90 Å². The molecule has 27 heavy (non-hydrogen) atoms. The van der Waals surface area contributed by atoms with Crippen LogP contribution in [0.4, 0.5) is 0 Å². The van der Waals surface area contributed by atoms with Crippen LogP contribution >= 0.6 is 22.9 Å². The molecule has 0 amide bonds. The van der Waals surface area contributed by atoms with Gasteiger partial charge in [0.05, 0.1) is 0 Å². The van der Waals surface area contributed by atoms with E-state index in [0.717, 1.165) is 41.4 Å². The maximum absolute atomic E-state index is 12.3. The quantitative estimate of drug-likeness (QED) is 0.418. The van der Waals surface area contributed by atoms with E-state index >= 15 is 0 Å². The summed E-state index contributed by atoms with van der Waals surface area (Å²) in [6.07, 6.45) is 0.844. The SMILES string of the molecule is CCNCCc1ccc(-c2c(O)ccc3[nH]c(=O)c4sccc4c23)cc1Cl. The number of aromatic hydroxyl groups is 1. The first-order chi connectivity index (χ1) is 13.1. The second-order valence-corrected chi connectivity index (χ2v) is 7.73.